The maximum atomic E-state index is 12.0. The second-order valence-electron chi connectivity index (χ2n) is 9.02. The van der Waals surface area contributed by atoms with Gasteiger partial charge in [-0.15, -0.1) is 10.2 Å². The number of nitrogens with one attached hydrogen (secondary N) is 2. The van der Waals surface area contributed by atoms with Gasteiger partial charge < -0.3 is 31.8 Å². The molecule has 4 rings (SSSR count). The second-order valence-corrected chi connectivity index (χ2v) is 9.02. The Labute approximate surface area is 186 Å². The molecule has 1 saturated carbocycles. The summed E-state index contributed by atoms with van der Waals surface area (Å²) in [6.45, 7) is 3.97. The highest BCUT2D eigenvalue weighted by Gasteiger charge is 2.24. The van der Waals surface area contributed by atoms with Gasteiger partial charge in [0.15, 0.2) is 11.5 Å². The first-order valence-corrected chi connectivity index (χ1v) is 10.9. The molecule has 0 spiro atoms. The average molecular weight is 439 g/mol. The molecule has 2 heterocycles. The number of nitrogens with two attached hydrogens (primary N) is 2. The number of nitrogens with zero attached hydrogens (tertiary/aromatic N) is 4. The summed E-state index contributed by atoms with van der Waals surface area (Å²) in [5, 5.41) is 25.6. The first-order valence-electron chi connectivity index (χ1n) is 10.9. The highest BCUT2D eigenvalue weighted by molar-refractivity contribution is 5.99. The maximum Gasteiger partial charge on any atom is 0.273 e. The number of aromatic nitrogens is 4. The number of hydrogen-bond donors (Lipinski definition) is 5. The molecule has 1 aliphatic carbocycles. The third kappa shape index (κ3) is 4.81. The van der Waals surface area contributed by atoms with E-state index in [2.05, 4.69) is 25.8 Å². The van der Waals surface area contributed by atoms with Gasteiger partial charge in [-0.3, -0.25) is 4.79 Å². The highest BCUT2D eigenvalue weighted by atomic mass is 16.3. The van der Waals surface area contributed by atoms with E-state index in [0.29, 0.717) is 12.5 Å². The van der Waals surface area contributed by atoms with Crippen LogP contribution in [0.4, 0.5) is 17.5 Å². The molecule has 1 fully saturated rings. The van der Waals surface area contributed by atoms with E-state index in [4.69, 9.17) is 11.5 Å². The zero-order valence-corrected chi connectivity index (χ0v) is 18.4. The Balaban J connectivity index is 1.65. The number of carbonyl (C=O) groups excluding carboxylic acids is 1. The van der Waals surface area contributed by atoms with Crippen molar-refractivity contribution in [3.63, 3.8) is 0 Å². The van der Waals surface area contributed by atoms with Gasteiger partial charge in [0, 0.05) is 29.4 Å². The summed E-state index contributed by atoms with van der Waals surface area (Å²) in [6.07, 6.45) is 5.99. The van der Waals surface area contributed by atoms with Crippen LogP contribution in [0, 0.1) is 0 Å². The Kier molecular flexibility index (Phi) is 5.98. The van der Waals surface area contributed by atoms with Crippen LogP contribution >= 0.6 is 0 Å². The van der Waals surface area contributed by atoms with Gasteiger partial charge in [-0.05, 0) is 44.9 Å². The summed E-state index contributed by atoms with van der Waals surface area (Å²) >= 11 is 0. The molecule has 0 radical (unpaired) electrons. The molecular weight excluding hydrogens is 408 g/mol. The molecule has 0 unspecified atom stereocenters. The number of primary amides is 1. The number of benzene rings is 1. The Hall–Kier alpha value is -3.24. The summed E-state index contributed by atoms with van der Waals surface area (Å²) in [7, 11) is 0. The monoisotopic (exact) mass is 438 g/mol. The Bertz CT molecular complexity index is 1120. The predicted molar refractivity (Wildman–Crippen MR) is 124 cm³/mol. The summed E-state index contributed by atoms with van der Waals surface area (Å²) < 4.78 is 1.98. The zero-order valence-electron chi connectivity index (χ0n) is 18.4. The Morgan fingerprint density at radius 1 is 1.25 bits per heavy atom. The molecule has 1 aliphatic rings. The van der Waals surface area contributed by atoms with Crippen LogP contribution in [0.3, 0.4) is 0 Å². The molecule has 32 heavy (non-hydrogen) atoms. The average Bonchev–Trinajstić information content (AvgIpc) is 3.12. The molecule has 7 N–H and O–H groups in total. The molecule has 170 valence electrons. The molecule has 0 aliphatic heterocycles. The van der Waals surface area contributed by atoms with Crippen LogP contribution in [0.25, 0.3) is 10.9 Å². The van der Waals surface area contributed by atoms with Crippen LogP contribution in [-0.2, 0) is 6.54 Å². The van der Waals surface area contributed by atoms with Gasteiger partial charge in [0.1, 0.15) is 0 Å². The molecule has 2 atom stereocenters. The normalized spacial score (nSPS) is 19.1. The first kappa shape index (κ1) is 22.0. The van der Waals surface area contributed by atoms with E-state index in [1.807, 2.05) is 35.0 Å². The SMILES string of the molecule is CC(C)(O)Cn1ccc2c(Nc3nc(N[C@@H]4CCCC[C@@H]4N)nnc3C(N)=O)cccc21. The maximum absolute atomic E-state index is 12.0. The van der Waals surface area contributed by atoms with E-state index >= 15 is 0 Å². The fraction of sp³-hybridized carbons (Fsp3) is 0.455. The zero-order chi connectivity index (χ0) is 22.9. The highest BCUT2D eigenvalue weighted by Crippen LogP contribution is 2.29. The van der Waals surface area contributed by atoms with E-state index in [0.717, 1.165) is 42.3 Å². The minimum atomic E-state index is -0.856. The molecule has 1 amide bonds. The quantitative estimate of drug-likeness (QED) is 0.375. The van der Waals surface area contributed by atoms with Crippen molar-refractivity contribution in [1.82, 2.24) is 19.7 Å². The third-order valence-corrected chi connectivity index (χ3v) is 5.68. The Morgan fingerprint density at radius 3 is 2.75 bits per heavy atom. The van der Waals surface area contributed by atoms with Crippen LogP contribution in [0.1, 0.15) is 50.0 Å². The molecule has 2 aromatic heterocycles. The van der Waals surface area contributed by atoms with Gasteiger partial charge in [-0.25, -0.2) is 0 Å². The van der Waals surface area contributed by atoms with Crippen LogP contribution in [0.5, 0.6) is 0 Å². The van der Waals surface area contributed by atoms with E-state index in [9.17, 15) is 9.90 Å². The van der Waals surface area contributed by atoms with Gasteiger partial charge in [-0.1, -0.05) is 18.9 Å². The van der Waals surface area contributed by atoms with Gasteiger partial charge in [-0.2, -0.15) is 4.98 Å². The molecule has 0 saturated heterocycles. The van der Waals surface area contributed by atoms with Gasteiger partial charge >= 0.3 is 0 Å². The minimum Gasteiger partial charge on any atom is -0.389 e. The largest absolute Gasteiger partial charge is 0.389 e. The number of rotatable bonds is 7. The summed E-state index contributed by atoms with van der Waals surface area (Å²) in [4.78, 5) is 16.4. The summed E-state index contributed by atoms with van der Waals surface area (Å²) in [5.74, 6) is -0.200. The first-order chi connectivity index (χ1) is 15.2. The van der Waals surface area contributed by atoms with Crippen molar-refractivity contribution in [3.8, 4) is 0 Å². The van der Waals surface area contributed by atoms with Crippen LogP contribution in [0.2, 0.25) is 0 Å². The Morgan fingerprint density at radius 2 is 2.03 bits per heavy atom. The van der Waals surface area contributed by atoms with Crippen molar-refractivity contribution in [2.45, 2.75) is 63.8 Å². The molecule has 10 nitrogen and oxygen atoms in total. The topological polar surface area (TPSA) is 157 Å². The van der Waals surface area contributed by atoms with Crippen LogP contribution in [0.15, 0.2) is 30.5 Å². The van der Waals surface area contributed by atoms with Gasteiger partial charge in [0.2, 0.25) is 5.95 Å². The lowest BCUT2D eigenvalue weighted by Crippen LogP contribution is -2.43. The summed E-state index contributed by atoms with van der Waals surface area (Å²) in [5.41, 5.74) is 12.5. The van der Waals surface area contributed by atoms with Crippen molar-refractivity contribution in [1.29, 1.82) is 0 Å². The van der Waals surface area contributed by atoms with E-state index < -0.39 is 11.5 Å². The number of aliphatic hydroxyl groups is 1. The van der Waals surface area contributed by atoms with E-state index in [-0.39, 0.29) is 23.6 Å². The molecule has 0 bridgehead atoms. The third-order valence-electron chi connectivity index (χ3n) is 5.68. The standard InChI is InChI=1S/C22H30N8O2/c1-22(2,32)12-30-11-10-13-15(8-5-9-17(13)30)25-20-18(19(24)31)28-29-21(27-20)26-16-7-4-3-6-14(16)23/h5,8-11,14,16,32H,3-4,6-7,12,23H2,1-2H3,(H2,24,31)(H2,25,26,27,29)/t14-,16+/m0/s1. The smallest absolute Gasteiger partial charge is 0.273 e. The lowest BCUT2D eigenvalue weighted by Gasteiger charge is -2.29. The number of amides is 1. The van der Waals surface area contributed by atoms with Crippen molar-refractivity contribution >= 4 is 34.3 Å². The second kappa shape index (κ2) is 8.71. The molecular formula is C22H30N8O2. The van der Waals surface area contributed by atoms with Crippen LogP contribution < -0.4 is 22.1 Å². The van der Waals surface area contributed by atoms with Crippen molar-refractivity contribution in [2.24, 2.45) is 11.5 Å². The molecule has 3 aromatic rings. The number of hydrogen-bond acceptors (Lipinski definition) is 8. The fourth-order valence-electron chi connectivity index (χ4n) is 4.16. The van der Waals surface area contributed by atoms with Gasteiger partial charge in [0.25, 0.3) is 5.91 Å². The van der Waals surface area contributed by atoms with E-state index in [1.165, 1.54) is 0 Å². The summed E-state index contributed by atoms with van der Waals surface area (Å²) in [6, 6.07) is 7.76. The van der Waals surface area contributed by atoms with Crippen molar-refractivity contribution in [2.75, 3.05) is 10.6 Å². The fourth-order valence-corrected chi connectivity index (χ4v) is 4.16. The number of carbonyl (C=O) groups is 1. The molecule has 10 heteroatoms. The van der Waals surface area contributed by atoms with Crippen molar-refractivity contribution < 1.29 is 9.90 Å². The van der Waals surface area contributed by atoms with E-state index in [1.54, 1.807) is 13.8 Å². The lowest BCUT2D eigenvalue weighted by atomic mass is 9.91. The number of fused-ring (bicyclic) bond motifs is 1. The lowest BCUT2D eigenvalue weighted by molar-refractivity contribution is 0.0628. The molecule has 1 aromatic carbocycles. The minimum absolute atomic E-state index is 0.0175. The van der Waals surface area contributed by atoms with Crippen LogP contribution in [-0.4, -0.2) is 48.4 Å². The van der Waals surface area contributed by atoms with Crippen molar-refractivity contribution in [3.05, 3.63) is 36.2 Å². The van der Waals surface area contributed by atoms with Gasteiger partial charge in [0.05, 0.1) is 17.7 Å². The number of anilines is 3. The predicted octanol–water partition coefficient (Wildman–Crippen LogP) is 2.12.